The Morgan fingerprint density at radius 2 is 2.08 bits per heavy atom. The number of amides is 1. The molecule has 0 aromatic carbocycles. The first-order valence-electron chi connectivity index (χ1n) is 4.75. The predicted octanol–water partition coefficient (Wildman–Crippen LogP) is 0.854. The van der Waals surface area contributed by atoms with Gasteiger partial charge in [0.15, 0.2) is 0 Å². The van der Waals surface area contributed by atoms with E-state index in [9.17, 15) is 4.79 Å². The van der Waals surface area contributed by atoms with Gasteiger partial charge in [0, 0.05) is 13.1 Å². The molecule has 0 spiro atoms. The standard InChI is InChI=1S/C9H20N2O/c1-3-7-11(9-12)8-5-6-10-4-2/h9-10H,3-8H2,1-2H3. The van der Waals surface area contributed by atoms with Gasteiger partial charge in [0.25, 0.3) is 0 Å². The zero-order chi connectivity index (χ0) is 9.23. The van der Waals surface area contributed by atoms with Gasteiger partial charge in [0.2, 0.25) is 6.41 Å². The minimum absolute atomic E-state index is 0.879. The summed E-state index contributed by atoms with van der Waals surface area (Å²) in [7, 11) is 0. The molecule has 12 heavy (non-hydrogen) atoms. The summed E-state index contributed by atoms with van der Waals surface area (Å²) in [4.78, 5) is 12.3. The minimum atomic E-state index is 0.879. The van der Waals surface area contributed by atoms with E-state index >= 15 is 0 Å². The highest BCUT2D eigenvalue weighted by Crippen LogP contribution is 1.89. The van der Waals surface area contributed by atoms with E-state index < -0.39 is 0 Å². The molecular weight excluding hydrogens is 152 g/mol. The van der Waals surface area contributed by atoms with Crippen molar-refractivity contribution in [3.8, 4) is 0 Å². The Bertz CT molecular complexity index is 107. The van der Waals surface area contributed by atoms with Crippen LogP contribution >= 0.6 is 0 Å². The molecule has 0 unspecified atom stereocenters. The highest BCUT2D eigenvalue weighted by atomic mass is 16.1. The monoisotopic (exact) mass is 172 g/mol. The van der Waals surface area contributed by atoms with E-state index in [1.165, 1.54) is 0 Å². The number of nitrogens with one attached hydrogen (secondary N) is 1. The van der Waals surface area contributed by atoms with Gasteiger partial charge in [-0.05, 0) is 25.9 Å². The summed E-state index contributed by atoms with van der Waals surface area (Å²) < 4.78 is 0. The minimum Gasteiger partial charge on any atom is -0.345 e. The third-order valence-corrected chi connectivity index (χ3v) is 1.71. The topological polar surface area (TPSA) is 32.3 Å². The molecule has 3 nitrogen and oxygen atoms in total. The molecule has 0 aliphatic carbocycles. The van der Waals surface area contributed by atoms with E-state index in [4.69, 9.17) is 0 Å². The molecule has 0 atom stereocenters. The molecule has 3 heteroatoms. The lowest BCUT2D eigenvalue weighted by Crippen LogP contribution is -2.27. The normalized spacial score (nSPS) is 9.83. The lowest BCUT2D eigenvalue weighted by Gasteiger charge is -2.15. The van der Waals surface area contributed by atoms with Crippen LogP contribution in [0.4, 0.5) is 0 Å². The summed E-state index contributed by atoms with van der Waals surface area (Å²) in [6, 6.07) is 0. The average molecular weight is 172 g/mol. The first-order valence-corrected chi connectivity index (χ1v) is 4.75. The van der Waals surface area contributed by atoms with Gasteiger partial charge < -0.3 is 10.2 Å². The van der Waals surface area contributed by atoms with Gasteiger partial charge >= 0.3 is 0 Å². The van der Waals surface area contributed by atoms with Gasteiger partial charge in [0.05, 0.1) is 0 Å². The lowest BCUT2D eigenvalue weighted by atomic mass is 10.3. The maximum absolute atomic E-state index is 10.5. The van der Waals surface area contributed by atoms with Crippen LogP contribution < -0.4 is 5.32 Å². The second-order valence-corrected chi connectivity index (χ2v) is 2.85. The second-order valence-electron chi connectivity index (χ2n) is 2.85. The van der Waals surface area contributed by atoms with Gasteiger partial charge in [-0.1, -0.05) is 13.8 Å². The number of hydrogen-bond acceptors (Lipinski definition) is 2. The molecule has 0 saturated heterocycles. The molecular formula is C9H20N2O. The lowest BCUT2D eigenvalue weighted by molar-refractivity contribution is -0.118. The molecule has 0 aromatic rings. The number of nitrogens with zero attached hydrogens (tertiary/aromatic N) is 1. The zero-order valence-corrected chi connectivity index (χ0v) is 8.18. The molecule has 0 rings (SSSR count). The van der Waals surface area contributed by atoms with Crippen LogP contribution in [0.2, 0.25) is 0 Å². The molecule has 1 amide bonds. The number of hydrogen-bond donors (Lipinski definition) is 1. The Morgan fingerprint density at radius 1 is 1.33 bits per heavy atom. The Hall–Kier alpha value is -0.570. The van der Waals surface area contributed by atoms with Gasteiger partial charge in [-0.3, -0.25) is 4.79 Å². The van der Waals surface area contributed by atoms with Crippen molar-refractivity contribution >= 4 is 6.41 Å². The van der Waals surface area contributed by atoms with Crippen molar-refractivity contribution in [2.45, 2.75) is 26.7 Å². The van der Waals surface area contributed by atoms with Crippen molar-refractivity contribution in [1.29, 1.82) is 0 Å². The molecule has 0 aliphatic heterocycles. The van der Waals surface area contributed by atoms with Crippen LogP contribution in [0.15, 0.2) is 0 Å². The number of carbonyl (C=O) groups is 1. The fourth-order valence-corrected chi connectivity index (χ4v) is 1.09. The molecule has 0 saturated carbocycles. The van der Waals surface area contributed by atoms with E-state index in [2.05, 4.69) is 19.2 Å². The van der Waals surface area contributed by atoms with E-state index in [-0.39, 0.29) is 0 Å². The first-order chi connectivity index (χ1) is 5.85. The second kappa shape index (κ2) is 8.53. The van der Waals surface area contributed by atoms with Crippen LogP contribution in [0.25, 0.3) is 0 Å². The molecule has 0 heterocycles. The van der Waals surface area contributed by atoms with Crippen LogP contribution in [-0.4, -0.2) is 37.5 Å². The molecule has 0 aliphatic rings. The van der Waals surface area contributed by atoms with Crippen LogP contribution in [0.1, 0.15) is 26.7 Å². The third kappa shape index (κ3) is 6.16. The summed E-state index contributed by atoms with van der Waals surface area (Å²) in [6.45, 7) is 7.95. The predicted molar refractivity (Wildman–Crippen MR) is 51.1 cm³/mol. The van der Waals surface area contributed by atoms with Crippen molar-refractivity contribution in [2.24, 2.45) is 0 Å². The fourth-order valence-electron chi connectivity index (χ4n) is 1.09. The highest BCUT2D eigenvalue weighted by molar-refractivity contribution is 5.46. The van der Waals surface area contributed by atoms with E-state index in [0.717, 1.165) is 45.4 Å². The van der Waals surface area contributed by atoms with Gasteiger partial charge in [0.1, 0.15) is 0 Å². The zero-order valence-electron chi connectivity index (χ0n) is 8.18. The highest BCUT2D eigenvalue weighted by Gasteiger charge is 1.97. The third-order valence-electron chi connectivity index (χ3n) is 1.71. The van der Waals surface area contributed by atoms with E-state index in [1.807, 2.05) is 4.90 Å². The Morgan fingerprint density at radius 3 is 2.58 bits per heavy atom. The quantitative estimate of drug-likeness (QED) is 0.435. The largest absolute Gasteiger partial charge is 0.345 e. The molecule has 0 fully saturated rings. The summed E-state index contributed by atoms with van der Waals surface area (Å²) in [6.07, 6.45) is 3.03. The van der Waals surface area contributed by atoms with E-state index in [1.54, 1.807) is 0 Å². The van der Waals surface area contributed by atoms with Crippen LogP contribution in [0.3, 0.4) is 0 Å². The van der Waals surface area contributed by atoms with Crippen molar-refractivity contribution < 1.29 is 4.79 Å². The molecule has 1 N–H and O–H groups in total. The van der Waals surface area contributed by atoms with Crippen molar-refractivity contribution in [1.82, 2.24) is 10.2 Å². The summed E-state index contributed by atoms with van der Waals surface area (Å²) in [5.74, 6) is 0. The summed E-state index contributed by atoms with van der Waals surface area (Å²) in [5, 5.41) is 3.23. The van der Waals surface area contributed by atoms with Crippen molar-refractivity contribution in [3.05, 3.63) is 0 Å². The summed E-state index contributed by atoms with van der Waals surface area (Å²) >= 11 is 0. The maximum atomic E-state index is 10.5. The van der Waals surface area contributed by atoms with Gasteiger partial charge in [-0.2, -0.15) is 0 Å². The van der Waals surface area contributed by atoms with Gasteiger partial charge in [-0.25, -0.2) is 0 Å². The molecule has 0 aromatic heterocycles. The Kier molecular flexibility index (Phi) is 8.12. The number of carbonyl (C=O) groups excluding carboxylic acids is 1. The molecule has 0 bridgehead atoms. The maximum Gasteiger partial charge on any atom is 0.209 e. The molecule has 72 valence electrons. The first kappa shape index (κ1) is 11.4. The Labute approximate surface area is 75.1 Å². The van der Waals surface area contributed by atoms with E-state index in [0.29, 0.717) is 0 Å². The smallest absolute Gasteiger partial charge is 0.209 e. The fraction of sp³-hybridized carbons (Fsp3) is 0.889. The van der Waals surface area contributed by atoms with Crippen molar-refractivity contribution in [2.75, 3.05) is 26.2 Å². The van der Waals surface area contributed by atoms with Crippen LogP contribution in [-0.2, 0) is 4.79 Å². The SMILES string of the molecule is CCCN(C=O)CCCNCC. The average Bonchev–Trinajstić information content (AvgIpc) is 2.10. The number of rotatable bonds is 8. The van der Waals surface area contributed by atoms with Crippen LogP contribution in [0.5, 0.6) is 0 Å². The van der Waals surface area contributed by atoms with Crippen LogP contribution in [0, 0.1) is 0 Å². The van der Waals surface area contributed by atoms with Crippen molar-refractivity contribution in [3.63, 3.8) is 0 Å². The molecule has 0 radical (unpaired) electrons. The summed E-state index contributed by atoms with van der Waals surface area (Å²) in [5.41, 5.74) is 0. The van der Waals surface area contributed by atoms with Gasteiger partial charge in [-0.15, -0.1) is 0 Å². The Balaban J connectivity index is 3.25.